The van der Waals surface area contributed by atoms with E-state index in [1.807, 2.05) is 37.3 Å². The first-order valence-corrected chi connectivity index (χ1v) is 14.2. The van der Waals surface area contributed by atoms with Crippen LogP contribution in [0.3, 0.4) is 0 Å². The van der Waals surface area contributed by atoms with E-state index in [0.29, 0.717) is 12.3 Å². The number of aromatic nitrogens is 5. The summed E-state index contributed by atoms with van der Waals surface area (Å²) in [5.41, 5.74) is 8.29. The van der Waals surface area contributed by atoms with E-state index in [4.69, 9.17) is 4.98 Å². The summed E-state index contributed by atoms with van der Waals surface area (Å²) in [5, 5.41) is 16.0. The molecule has 0 spiro atoms. The Morgan fingerprint density at radius 1 is 0.976 bits per heavy atom. The zero-order valence-electron chi connectivity index (χ0n) is 23.2. The normalized spacial score (nSPS) is 14.0. The van der Waals surface area contributed by atoms with Crippen molar-refractivity contribution in [3.8, 4) is 33.8 Å². The van der Waals surface area contributed by atoms with Gasteiger partial charge in [0, 0.05) is 40.2 Å². The molecule has 9 heteroatoms. The van der Waals surface area contributed by atoms with Gasteiger partial charge in [0.1, 0.15) is 11.5 Å². The molecule has 0 atom stereocenters. The first kappa shape index (κ1) is 26.0. The number of piperidine rings is 1. The van der Waals surface area contributed by atoms with Gasteiger partial charge in [0.25, 0.3) is 0 Å². The number of carbonyl (C=O) groups is 1. The Hall–Kier alpha value is -4.89. The summed E-state index contributed by atoms with van der Waals surface area (Å²) in [6.45, 7) is 3.96. The van der Waals surface area contributed by atoms with Gasteiger partial charge >= 0.3 is 0 Å². The van der Waals surface area contributed by atoms with Crippen molar-refractivity contribution < 1.29 is 9.18 Å². The molecule has 1 amide bonds. The molecular weight excluding hydrogens is 529 g/mol. The van der Waals surface area contributed by atoms with E-state index in [9.17, 15) is 9.18 Å². The Kier molecular flexibility index (Phi) is 6.71. The van der Waals surface area contributed by atoms with Crippen molar-refractivity contribution in [2.45, 2.75) is 26.2 Å². The molecule has 0 bridgehead atoms. The average molecular weight is 560 g/mol. The van der Waals surface area contributed by atoms with Gasteiger partial charge in [-0.25, -0.2) is 4.39 Å². The molecule has 6 aromatic rings. The zero-order valence-corrected chi connectivity index (χ0v) is 23.2. The number of halogens is 1. The maximum atomic E-state index is 14.0. The number of nitrogens with one attached hydrogen (secondary N) is 4. The lowest BCUT2D eigenvalue weighted by molar-refractivity contribution is -0.117. The lowest BCUT2D eigenvalue weighted by atomic mass is 9.94. The molecule has 5 heterocycles. The molecule has 1 fully saturated rings. The van der Waals surface area contributed by atoms with Crippen LogP contribution in [0, 0.1) is 18.7 Å². The van der Waals surface area contributed by atoms with Crippen LogP contribution >= 0.6 is 0 Å². The highest BCUT2D eigenvalue weighted by atomic mass is 19.1. The number of amides is 1. The van der Waals surface area contributed by atoms with Crippen molar-refractivity contribution in [2.75, 3.05) is 18.4 Å². The summed E-state index contributed by atoms with van der Waals surface area (Å²) >= 11 is 0. The number of H-pyrrole nitrogens is 2. The van der Waals surface area contributed by atoms with E-state index in [1.54, 1.807) is 24.7 Å². The number of pyridine rings is 2. The smallest absolute Gasteiger partial charge is 0.224 e. The Bertz CT molecular complexity index is 1940. The molecule has 0 saturated carbocycles. The maximum absolute atomic E-state index is 14.0. The van der Waals surface area contributed by atoms with Crippen LogP contribution in [0.2, 0.25) is 0 Å². The van der Waals surface area contributed by atoms with Crippen molar-refractivity contribution in [1.29, 1.82) is 0 Å². The van der Waals surface area contributed by atoms with Gasteiger partial charge in [-0.05, 0) is 92.4 Å². The third-order valence-electron chi connectivity index (χ3n) is 7.97. The van der Waals surface area contributed by atoms with E-state index in [1.165, 1.54) is 12.1 Å². The average Bonchev–Trinajstić information content (AvgIpc) is 3.61. The number of rotatable bonds is 6. The number of carbonyl (C=O) groups excluding carboxylic acids is 1. The summed E-state index contributed by atoms with van der Waals surface area (Å²) in [5.74, 6) is 0.175. The second-order valence-corrected chi connectivity index (χ2v) is 11.1. The number of nitrogens with zero attached hydrogens (tertiary/aromatic N) is 3. The van der Waals surface area contributed by atoms with E-state index in [-0.39, 0.29) is 11.7 Å². The molecular formula is C33H30FN7O. The van der Waals surface area contributed by atoms with Gasteiger partial charge in [0.05, 0.1) is 34.8 Å². The number of benzene rings is 2. The predicted molar refractivity (Wildman–Crippen MR) is 163 cm³/mol. The highest BCUT2D eigenvalue weighted by molar-refractivity contribution is 6.01. The molecule has 7 rings (SSSR count). The fourth-order valence-electron chi connectivity index (χ4n) is 5.91. The summed E-state index contributed by atoms with van der Waals surface area (Å²) in [6.07, 6.45) is 7.89. The lowest BCUT2D eigenvalue weighted by Gasteiger charge is -2.22. The van der Waals surface area contributed by atoms with Crippen LogP contribution in [-0.2, 0) is 4.79 Å². The largest absolute Gasteiger partial charge is 0.352 e. The van der Waals surface area contributed by atoms with Crippen LogP contribution in [0.15, 0.2) is 73.2 Å². The van der Waals surface area contributed by atoms with Gasteiger partial charge in [-0.3, -0.25) is 19.9 Å². The van der Waals surface area contributed by atoms with Crippen molar-refractivity contribution in [3.63, 3.8) is 0 Å². The number of aryl methyl sites for hydroxylation is 1. The van der Waals surface area contributed by atoms with Crippen LogP contribution in [0.4, 0.5) is 10.1 Å². The molecule has 0 aliphatic carbocycles. The molecule has 4 aromatic heterocycles. The van der Waals surface area contributed by atoms with E-state index < -0.39 is 0 Å². The molecule has 2 aromatic carbocycles. The topological polar surface area (TPSA) is 111 Å². The third-order valence-corrected chi connectivity index (χ3v) is 7.97. The summed E-state index contributed by atoms with van der Waals surface area (Å²) in [6, 6.07) is 16.6. The van der Waals surface area contributed by atoms with Crippen LogP contribution in [-0.4, -0.2) is 44.1 Å². The number of aromatic amines is 2. The maximum Gasteiger partial charge on any atom is 0.224 e. The fourth-order valence-corrected chi connectivity index (χ4v) is 5.91. The SMILES string of the molecule is Cc1cc(NC(=O)CC2CCNCC2)cc(-c2cc3c(-c4cc5c(-c6cccc(F)c6)cncc5[nH]4)n[nH]c3cn2)c1. The number of hydrogen-bond acceptors (Lipinski definition) is 5. The number of anilines is 1. The molecule has 1 aliphatic heterocycles. The fraction of sp³-hybridized carbons (Fsp3) is 0.212. The van der Waals surface area contributed by atoms with Gasteiger partial charge in [-0.2, -0.15) is 5.10 Å². The van der Waals surface area contributed by atoms with E-state index in [2.05, 4.69) is 36.9 Å². The van der Waals surface area contributed by atoms with Crippen LogP contribution < -0.4 is 10.6 Å². The second kappa shape index (κ2) is 10.8. The number of hydrogen-bond donors (Lipinski definition) is 4. The van der Waals surface area contributed by atoms with Gasteiger partial charge in [0.2, 0.25) is 5.91 Å². The summed E-state index contributed by atoms with van der Waals surface area (Å²) in [4.78, 5) is 25.3. The van der Waals surface area contributed by atoms with Gasteiger partial charge in [-0.15, -0.1) is 0 Å². The zero-order chi connectivity index (χ0) is 28.6. The molecule has 4 N–H and O–H groups in total. The molecule has 210 valence electrons. The summed E-state index contributed by atoms with van der Waals surface area (Å²) < 4.78 is 14.0. The Morgan fingerprint density at radius 2 is 1.86 bits per heavy atom. The highest BCUT2D eigenvalue weighted by Gasteiger charge is 2.18. The predicted octanol–water partition coefficient (Wildman–Crippen LogP) is 6.61. The molecule has 0 unspecified atom stereocenters. The standard InChI is InChI=1S/C33H30FN7O/c1-19-9-22(13-24(10-19)38-32(42)11-20-5-7-35-8-6-20)28-15-26-31(18-37-28)40-41-33(26)29-14-25-27(16-36-17-30(25)39-29)21-3-2-4-23(34)12-21/h2-4,9-10,12-18,20,35,39H,5-8,11H2,1H3,(H,38,42)(H,40,41). The third kappa shape index (κ3) is 5.14. The second-order valence-electron chi connectivity index (χ2n) is 11.1. The van der Waals surface area contributed by atoms with Gasteiger partial charge < -0.3 is 15.6 Å². The highest BCUT2D eigenvalue weighted by Crippen LogP contribution is 2.35. The van der Waals surface area contributed by atoms with Crippen LogP contribution in [0.25, 0.3) is 55.6 Å². The molecule has 1 saturated heterocycles. The minimum Gasteiger partial charge on any atom is -0.352 e. The van der Waals surface area contributed by atoms with Crippen molar-refractivity contribution >= 4 is 33.4 Å². The van der Waals surface area contributed by atoms with Crippen LogP contribution in [0.5, 0.6) is 0 Å². The van der Waals surface area contributed by atoms with Crippen molar-refractivity contribution in [3.05, 3.63) is 84.6 Å². The van der Waals surface area contributed by atoms with Crippen molar-refractivity contribution in [2.24, 2.45) is 5.92 Å². The molecule has 1 aliphatic rings. The van der Waals surface area contributed by atoms with E-state index >= 15 is 0 Å². The number of fused-ring (bicyclic) bond motifs is 2. The lowest BCUT2D eigenvalue weighted by Crippen LogP contribution is -2.30. The minimum absolute atomic E-state index is 0.0462. The Labute approximate surface area is 241 Å². The quantitative estimate of drug-likeness (QED) is 0.184. The van der Waals surface area contributed by atoms with Crippen LogP contribution in [0.1, 0.15) is 24.8 Å². The molecule has 0 radical (unpaired) electrons. The summed E-state index contributed by atoms with van der Waals surface area (Å²) in [7, 11) is 0. The Morgan fingerprint density at radius 3 is 2.71 bits per heavy atom. The van der Waals surface area contributed by atoms with Crippen molar-refractivity contribution in [1.82, 2.24) is 30.5 Å². The molecule has 8 nitrogen and oxygen atoms in total. The first-order valence-electron chi connectivity index (χ1n) is 14.2. The molecule has 42 heavy (non-hydrogen) atoms. The van der Waals surface area contributed by atoms with Gasteiger partial charge in [0.15, 0.2) is 0 Å². The first-order chi connectivity index (χ1) is 20.5. The Balaban J connectivity index is 1.21. The van der Waals surface area contributed by atoms with Gasteiger partial charge in [-0.1, -0.05) is 12.1 Å². The monoisotopic (exact) mass is 559 g/mol. The minimum atomic E-state index is -0.292. The van der Waals surface area contributed by atoms with E-state index in [0.717, 1.165) is 92.8 Å².